The Balaban J connectivity index is 1.67. The third-order valence-corrected chi connectivity index (χ3v) is 3.79. The number of anilines is 1. The Labute approximate surface area is 145 Å². The summed E-state index contributed by atoms with van der Waals surface area (Å²) in [5.74, 6) is -0.666. The van der Waals surface area contributed by atoms with Gasteiger partial charge in [-0.1, -0.05) is 31.5 Å². The van der Waals surface area contributed by atoms with Gasteiger partial charge in [0.1, 0.15) is 0 Å². The van der Waals surface area contributed by atoms with Crippen LogP contribution in [0.25, 0.3) is 10.9 Å². The molecule has 0 fully saturated rings. The van der Waals surface area contributed by atoms with Crippen molar-refractivity contribution in [2.45, 2.75) is 19.8 Å². The molecule has 0 radical (unpaired) electrons. The van der Waals surface area contributed by atoms with Gasteiger partial charge in [0.2, 0.25) is 0 Å². The van der Waals surface area contributed by atoms with Crippen molar-refractivity contribution >= 4 is 28.5 Å². The molecule has 3 aromatic rings. The van der Waals surface area contributed by atoms with E-state index in [1.54, 1.807) is 24.3 Å². The SMILES string of the molecule is CCCCOC(=O)c1ccc(NC(=O)c2n[nH]c3ccccc23)cc1. The molecule has 0 aliphatic carbocycles. The van der Waals surface area contributed by atoms with Crippen LogP contribution in [0.4, 0.5) is 5.69 Å². The molecule has 2 aromatic carbocycles. The monoisotopic (exact) mass is 337 g/mol. The van der Waals surface area contributed by atoms with Crippen molar-refractivity contribution in [1.29, 1.82) is 0 Å². The van der Waals surface area contributed by atoms with Crippen LogP contribution in [0, 0.1) is 0 Å². The van der Waals surface area contributed by atoms with Gasteiger partial charge in [-0.05, 0) is 36.8 Å². The highest BCUT2D eigenvalue weighted by atomic mass is 16.5. The van der Waals surface area contributed by atoms with Gasteiger partial charge in [-0.3, -0.25) is 9.89 Å². The summed E-state index contributed by atoms with van der Waals surface area (Å²) in [5, 5.41) is 10.4. The third kappa shape index (κ3) is 3.85. The second-order valence-corrected chi connectivity index (χ2v) is 5.64. The van der Waals surface area contributed by atoms with E-state index in [1.807, 2.05) is 31.2 Å². The molecule has 0 saturated heterocycles. The second kappa shape index (κ2) is 7.61. The van der Waals surface area contributed by atoms with Crippen molar-refractivity contribution < 1.29 is 14.3 Å². The maximum atomic E-state index is 12.4. The number of nitrogens with one attached hydrogen (secondary N) is 2. The van der Waals surface area contributed by atoms with Crippen LogP contribution in [-0.2, 0) is 4.74 Å². The average Bonchev–Trinajstić information content (AvgIpc) is 3.06. The number of H-pyrrole nitrogens is 1. The minimum Gasteiger partial charge on any atom is -0.462 e. The number of para-hydroxylation sites is 1. The van der Waals surface area contributed by atoms with Gasteiger partial charge in [0.05, 0.1) is 17.7 Å². The first-order valence-electron chi connectivity index (χ1n) is 8.20. The van der Waals surface area contributed by atoms with Crippen LogP contribution in [0.2, 0.25) is 0 Å². The van der Waals surface area contributed by atoms with E-state index in [-0.39, 0.29) is 11.9 Å². The van der Waals surface area contributed by atoms with E-state index in [9.17, 15) is 9.59 Å². The minimum absolute atomic E-state index is 0.310. The Bertz CT molecular complexity index is 884. The lowest BCUT2D eigenvalue weighted by atomic mass is 10.2. The maximum Gasteiger partial charge on any atom is 0.338 e. The fourth-order valence-corrected chi connectivity index (χ4v) is 2.41. The van der Waals surface area contributed by atoms with Crippen molar-refractivity contribution in [2.24, 2.45) is 0 Å². The molecule has 0 saturated carbocycles. The highest BCUT2D eigenvalue weighted by Crippen LogP contribution is 2.17. The number of esters is 1. The normalized spacial score (nSPS) is 10.6. The number of rotatable bonds is 6. The lowest BCUT2D eigenvalue weighted by Crippen LogP contribution is -2.13. The number of benzene rings is 2. The Hall–Kier alpha value is -3.15. The summed E-state index contributed by atoms with van der Waals surface area (Å²) in [6, 6.07) is 14.0. The second-order valence-electron chi connectivity index (χ2n) is 5.64. The summed E-state index contributed by atoms with van der Waals surface area (Å²) in [4.78, 5) is 24.3. The van der Waals surface area contributed by atoms with Gasteiger partial charge in [-0.2, -0.15) is 5.10 Å². The number of fused-ring (bicyclic) bond motifs is 1. The van der Waals surface area contributed by atoms with Gasteiger partial charge >= 0.3 is 5.97 Å². The number of amides is 1. The Morgan fingerprint density at radius 1 is 1.12 bits per heavy atom. The molecular formula is C19H19N3O3. The first kappa shape index (κ1) is 16.7. The highest BCUT2D eigenvalue weighted by molar-refractivity contribution is 6.11. The first-order chi connectivity index (χ1) is 12.2. The van der Waals surface area contributed by atoms with Gasteiger partial charge in [0, 0.05) is 11.1 Å². The largest absolute Gasteiger partial charge is 0.462 e. The molecule has 0 atom stereocenters. The van der Waals surface area contributed by atoms with Crippen LogP contribution >= 0.6 is 0 Å². The zero-order chi connectivity index (χ0) is 17.6. The minimum atomic E-state index is -0.357. The van der Waals surface area contributed by atoms with Crippen molar-refractivity contribution in [2.75, 3.05) is 11.9 Å². The summed E-state index contributed by atoms with van der Waals surface area (Å²) in [6.45, 7) is 2.45. The first-order valence-corrected chi connectivity index (χ1v) is 8.20. The quantitative estimate of drug-likeness (QED) is 0.530. The van der Waals surface area contributed by atoms with Crippen LogP contribution < -0.4 is 5.32 Å². The fraction of sp³-hybridized carbons (Fsp3) is 0.211. The van der Waals surface area contributed by atoms with Gasteiger partial charge in [-0.15, -0.1) is 0 Å². The number of carbonyl (C=O) groups excluding carboxylic acids is 2. The Morgan fingerprint density at radius 3 is 2.64 bits per heavy atom. The molecule has 3 rings (SSSR count). The third-order valence-electron chi connectivity index (χ3n) is 3.79. The van der Waals surface area contributed by atoms with Crippen molar-refractivity contribution in [1.82, 2.24) is 10.2 Å². The van der Waals surface area contributed by atoms with Crippen molar-refractivity contribution in [3.05, 3.63) is 59.8 Å². The number of aromatic nitrogens is 2. The number of nitrogens with zero attached hydrogens (tertiary/aromatic N) is 1. The molecule has 1 heterocycles. The molecule has 2 N–H and O–H groups in total. The van der Waals surface area contributed by atoms with Crippen molar-refractivity contribution in [3.63, 3.8) is 0 Å². The lowest BCUT2D eigenvalue weighted by Gasteiger charge is -2.06. The predicted molar refractivity (Wildman–Crippen MR) is 95.7 cm³/mol. The van der Waals surface area contributed by atoms with E-state index in [1.165, 1.54) is 0 Å². The summed E-state index contributed by atoms with van der Waals surface area (Å²) >= 11 is 0. The van der Waals surface area contributed by atoms with Crippen molar-refractivity contribution in [3.8, 4) is 0 Å². The smallest absolute Gasteiger partial charge is 0.338 e. The van der Waals surface area contributed by atoms with Gasteiger partial charge in [0.25, 0.3) is 5.91 Å². The molecule has 1 amide bonds. The summed E-state index contributed by atoms with van der Waals surface area (Å²) in [5.41, 5.74) is 2.18. The van der Waals surface area contributed by atoms with E-state index >= 15 is 0 Å². The summed E-state index contributed by atoms with van der Waals surface area (Å²) in [6.07, 6.45) is 1.82. The number of unbranched alkanes of at least 4 members (excludes halogenated alkanes) is 1. The van der Waals surface area contributed by atoms with E-state index in [4.69, 9.17) is 4.74 Å². The number of hydrogen-bond donors (Lipinski definition) is 2. The van der Waals surface area contributed by atoms with Crippen LogP contribution in [0.15, 0.2) is 48.5 Å². The van der Waals surface area contributed by atoms with Crippen LogP contribution in [0.1, 0.15) is 40.6 Å². The molecule has 6 nitrogen and oxygen atoms in total. The molecular weight excluding hydrogens is 318 g/mol. The van der Waals surface area contributed by atoms with E-state index in [0.717, 1.165) is 23.7 Å². The van der Waals surface area contributed by atoms with E-state index < -0.39 is 0 Å². The van der Waals surface area contributed by atoms with Crippen LogP contribution in [-0.4, -0.2) is 28.7 Å². The van der Waals surface area contributed by atoms with E-state index in [2.05, 4.69) is 15.5 Å². The molecule has 0 aliphatic rings. The van der Waals surface area contributed by atoms with Gasteiger partial charge in [-0.25, -0.2) is 4.79 Å². The molecule has 0 unspecified atom stereocenters. The number of hydrogen-bond acceptors (Lipinski definition) is 4. The zero-order valence-electron chi connectivity index (χ0n) is 13.9. The van der Waals surface area contributed by atoms with E-state index in [0.29, 0.717) is 23.6 Å². The Kier molecular flexibility index (Phi) is 5.09. The molecule has 0 aliphatic heterocycles. The molecule has 6 heteroatoms. The predicted octanol–water partition coefficient (Wildman–Crippen LogP) is 3.77. The zero-order valence-corrected chi connectivity index (χ0v) is 13.9. The fourth-order valence-electron chi connectivity index (χ4n) is 2.41. The number of ether oxygens (including phenoxy) is 1. The van der Waals surface area contributed by atoms with Crippen LogP contribution in [0.3, 0.4) is 0 Å². The molecule has 0 bridgehead atoms. The molecule has 128 valence electrons. The summed E-state index contributed by atoms with van der Waals surface area (Å²) < 4.78 is 5.16. The number of aromatic amines is 1. The maximum absolute atomic E-state index is 12.4. The molecule has 25 heavy (non-hydrogen) atoms. The topological polar surface area (TPSA) is 84.1 Å². The standard InChI is InChI=1S/C19H19N3O3/c1-2-3-12-25-19(24)13-8-10-14(11-9-13)20-18(23)17-15-6-4-5-7-16(15)21-22-17/h4-11H,2-3,12H2,1H3,(H,20,23)(H,21,22). The highest BCUT2D eigenvalue weighted by Gasteiger charge is 2.14. The van der Waals surface area contributed by atoms with Gasteiger partial charge in [0.15, 0.2) is 5.69 Å². The average molecular weight is 337 g/mol. The van der Waals surface area contributed by atoms with Crippen LogP contribution in [0.5, 0.6) is 0 Å². The Morgan fingerprint density at radius 2 is 1.88 bits per heavy atom. The summed E-state index contributed by atoms with van der Waals surface area (Å²) in [7, 11) is 0. The number of carbonyl (C=O) groups is 2. The molecule has 1 aromatic heterocycles. The lowest BCUT2D eigenvalue weighted by molar-refractivity contribution is 0.0499. The molecule has 0 spiro atoms. The van der Waals surface area contributed by atoms with Gasteiger partial charge < -0.3 is 10.1 Å².